The predicted molar refractivity (Wildman–Crippen MR) is 128 cm³/mol. The van der Waals surface area contributed by atoms with Crippen molar-refractivity contribution in [3.05, 3.63) is 99.4 Å². The molecule has 5 heteroatoms. The Hall–Kier alpha value is -3.57. The largest absolute Gasteiger partial charge is 0.454 e. The zero-order valence-electron chi connectivity index (χ0n) is 17.4. The maximum Gasteiger partial charge on any atom is 0.339 e. The lowest BCUT2D eigenvalue weighted by molar-refractivity contribution is 0.0475. The third-order valence-electron chi connectivity index (χ3n) is 5.66. The highest BCUT2D eigenvalue weighted by molar-refractivity contribution is 7.10. The van der Waals surface area contributed by atoms with E-state index in [1.807, 2.05) is 36.4 Å². The van der Waals surface area contributed by atoms with E-state index in [4.69, 9.17) is 9.72 Å². The summed E-state index contributed by atoms with van der Waals surface area (Å²) in [5.74, 6) is -0.689. The first-order valence-electron chi connectivity index (χ1n) is 10.6. The zero-order chi connectivity index (χ0) is 21.9. The number of ether oxygens (including phenoxy) is 1. The molecule has 0 atom stereocenters. The van der Waals surface area contributed by atoms with Crippen molar-refractivity contribution in [2.75, 3.05) is 6.61 Å². The number of allylic oxidation sites excluding steroid dienone is 1. The lowest BCUT2D eigenvalue weighted by atomic mass is 9.86. The average molecular weight is 440 g/mol. The summed E-state index contributed by atoms with van der Waals surface area (Å²) in [6, 6.07) is 20.6. The van der Waals surface area contributed by atoms with Crippen LogP contribution in [0.4, 0.5) is 0 Å². The molecule has 0 saturated heterocycles. The number of carbonyl (C=O) groups excluding carboxylic acids is 2. The molecule has 1 aliphatic carbocycles. The molecular formula is C27H21NO3S. The lowest BCUT2D eigenvalue weighted by Crippen LogP contribution is -2.18. The molecule has 2 heterocycles. The second-order valence-corrected chi connectivity index (χ2v) is 8.71. The highest BCUT2D eigenvalue weighted by Crippen LogP contribution is 2.36. The Morgan fingerprint density at radius 3 is 2.59 bits per heavy atom. The van der Waals surface area contributed by atoms with Crippen LogP contribution in [-0.2, 0) is 11.2 Å². The summed E-state index contributed by atoms with van der Waals surface area (Å²) in [6.07, 6.45) is 4.77. The lowest BCUT2D eigenvalue weighted by Gasteiger charge is -2.22. The van der Waals surface area contributed by atoms with Crippen molar-refractivity contribution in [3.63, 3.8) is 0 Å². The second-order valence-electron chi connectivity index (χ2n) is 7.73. The number of rotatable bonds is 5. The monoisotopic (exact) mass is 439 g/mol. The van der Waals surface area contributed by atoms with Crippen LogP contribution in [0.15, 0.2) is 72.1 Å². The highest BCUT2D eigenvalue weighted by atomic mass is 32.1. The second kappa shape index (κ2) is 8.89. The number of para-hydroxylation sites is 1. The normalized spacial score (nSPS) is 14.3. The van der Waals surface area contributed by atoms with Gasteiger partial charge in [-0.15, -0.1) is 11.3 Å². The number of thiophene rings is 1. The molecule has 1 aliphatic rings. The summed E-state index contributed by atoms with van der Waals surface area (Å²) in [5.41, 5.74) is 4.73. The van der Waals surface area contributed by atoms with Gasteiger partial charge < -0.3 is 4.74 Å². The summed E-state index contributed by atoms with van der Waals surface area (Å²) < 4.78 is 5.53. The van der Waals surface area contributed by atoms with Gasteiger partial charge in [0.1, 0.15) is 0 Å². The van der Waals surface area contributed by atoms with Crippen LogP contribution in [0.1, 0.15) is 49.7 Å². The molecule has 0 N–H and O–H groups in total. The van der Waals surface area contributed by atoms with Crippen molar-refractivity contribution >= 4 is 45.6 Å². The van der Waals surface area contributed by atoms with Crippen molar-refractivity contribution in [3.8, 4) is 0 Å². The topological polar surface area (TPSA) is 56.3 Å². The van der Waals surface area contributed by atoms with Gasteiger partial charge in [-0.25, -0.2) is 9.78 Å². The molecule has 0 amide bonds. The molecule has 2 aromatic carbocycles. The van der Waals surface area contributed by atoms with Crippen molar-refractivity contribution in [2.24, 2.45) is 0 Å². The van der Waals surface area contributed by atoms with Crippen molar-refractivity contribution in [1.82, 2.24) is 4.98 Å². The molecule has 0 fully saturated rings. The van der Waals surface area contributed by atoms with E-state index in [0.717, 1.165) is 47.0 Å². The number of pyridine rings is 1. The number of Topliss-reactive ketones (excluding diaryl/α,β-unsaturated/α-hetero) is 1. The van der Waals surface area contributed by atoms with E-state index in [0.29, 0.717) is 11.1 Å². The summed E-state index contributed by atoms with van der Waals surface area (Å²) >= 11 is 1.68. The van der Waals surface area contributed by atoms with E-state index in [2.05, 4.69) is 17.5 Å². The van der Waals surface area contributed by atoms with E-state index >= 15 is 0 Å². The maximum absolute atomic E-state index is 13.3. The molecule has 0 unspecified atom stereocenters. The zero-order valence-corrected chi connectivity index (χ0v) is 18.2. The van der Waals surface area contributed by atoms with Crippen molar-refractivity contribution in [2.45, 2.75) is 19.3 Å². The van der Waals surface area contributed by atoms with Gasteiger partial charge >= 0.3 is 5.97 Å². The Kier molecular flexibility index (Phi) is 5.65. The summed E-state index contributed by atoms with van der Waals surface area (Å²) in [7, 11) is 0. The predicted octanol–water partition coefficient (Wildman–Crippen LogP) is 6.21. The van der Waals surface area contributed by atoms with Gasteiger partial charge in [0.15, 0.2) is 12.4 Å². The fourth-order valence-electron chi connectivity index (χ4n) is 4.16. The van der Waals surface area contributed by atoms with Crippen LogP contribution in [0, 0.1) is 0 Å². The number of hydrogen-bond donors (Lipinski definition) is 0. The number of fused-ring (bicyclic) bond motifs is 2. The molecule has 0 bridgehead atoms. The molecular weight excluding hydrogens is 418 g/mol. The van der Waals surface area contributed by atoms with Gasteiger partial charge in [0.05, 0.1) is 16.8 Å². The number of benzene rings is 2. The van der Waals surface area contributed by atoms with E-state index in [9.17, 15) is 9.59 Å². The molecule has 4 nitrogen and oxygen atoms in total. The molecule has 0 spiro atoms. The number of esters is 1. The smallest absolute Gasteiger partial charge is 0.339 e. The van der Waals surface area contributed by atoms with Gasteiger partial charge in [0.25, 0.3) is 0 Å². The van der Waals surface area contributed by atoms with Gasteiger partial charge in [-0.05, 0) is 54.0 Å². The van der Waals surface area contributed by atoms with Crippen molar-refractivity contribution in [1.29, 1.82) is 0 Å². The van der Waals surface area contributed by atoms with E-state index in [1.165, 1.54) is 4.88 Å². The molecule has 5 rings (SSSR count). The minimum Gasteiger partial charge on any atom is -0.454 e. The Morgan fingerprint density at radius 1 is 0.969 bits per heavy atom. The molecule has 2 aromatic heterocycles. The van der Waals surface area contributed by atoms with Crippen LogP contribution in [0.3, 0.4) is 0 Å². The number of hydrogen-bond acceptors (Lipinski definition) is 5. The fraction of sp³-hybridized carbons (Fsp3) is 0.148. The number of carbonyl (C=O) groups is 2. The van der Waals surface area contributed by atoms with E-state index < -0.39 is 5.97 Å². The number of ketones is 1. The molecule has 0 radical (unpaired) electrons. The summed E-state index contributed by atoms with van der Waals surface area (Å²) in [6.45, 7) is -0.286. The van der Waals surface area contributed by atoms with Gasteiger partial charge in [-0.3, -0.25) is 4.79 Å². The van der Waals surface area contributed by atoms with Gasteiger partial charge in [0.2, 0.25) is 0 Å². The summed E-state index contributed by atoms with van der Waals surface area (Å²) in [5, 5.41) is 2.82. The van der Waals surface area contributed by atoms with Crippen LogP contribution in [0.2, 0.25) is 0 Å². The number of aromatic nitrogens is 1. The van der Waals surface area contributed by atoms with Crippen molar-refractivity contribution < 1.29 is 14.3 Å². The van der Waals surface area contributed by atoms with Gasteiger partial charge in [-0.1, -0.05) is 54.6 Å². The molecule has 4 aromatic rings. The van der Waals surface area contributed by atoms with E-state index in [1.54, 1.807) is 35.6 Å². The first-order chi connectivity index (χ1) is 15.7. The Morgan fingerprint density at radius 2 is 1.78 bits per heavy atom. The first-order valence-corrected chi connectivity index (χ1v) is 11.5. The molecule has 158 valence electrons. The third kappa shape index (κ3) is 3.99. The van der Waals surface area contributed by atoms with E-state index in [-0.39, 0.29) is 12.4 Å². The quantitative estimate of drug-likeness (QED) is 0.274. The highest BCUT2D eigenvalue weighted by Gasteiger charge is 2.26. The summed E-state index contributed by atoms with van der Waals surface area (Å²) in [4.78, 5) is 31.8. The molecule has 0 saturated carbocycles. The standard InChI is InChI=1S/C27H21NO3S/c29-24(18-8-2-1-3-9-18)17-31-27(30)25-21-12-4-5-14-23(21)28-26-19(10-6-13-22(25)26)16-20-11-7-15-32-20/h1-5,7-9,11-12,14-16H,6,10,13,17H2/b19-16+. The van der Waals surface area contributed by atoms with Crippen LogP contribution in [0.25, 0.3) is 22.6 Å². The van der Waals surface area contributed by atoms with Crippen LogP contribution < -0.4 is 0 Å². The van der Waals surface area contributed by atoms with Crippen LogP contribution in [0.5, 0.6) is 0 Å². The van der Waals surface area contributed by atoms with Gasteiger partial charge in [-0.2, -0.15) is 0 Å². The van der Waals surface area contributed by atoms with Crippen LogP contribution >= 0.6 is 11.3 Å². The molecule has 0 aliphatic heterocycles. The third-order valence-corrected chi connectivity index (χ3v) is 6.48. The minimum absolute atomic E-state index is 0.218. The Balaban J connectivity index is 1.54. The average Bonchev–Trinajstić information content (AvgIpc) is 3.35. The molecule has 32 heavy (non-hydrogen) atoms. The number of nitrogens with zero attached hydrogens (tertiary/aromatic N) is 1. The Bertz CT molecular complexity index is 1320. The van der Waals surface area contributed by atoms with Gasteiger partial charge in [0, 0.05) is 15.8 Å². The first kappa shape index (κ1) is 20.3. The Labute approximate surface area is 190 Å². The van der Waals surface area contributed by atoms with Crippen LogP contribution in [-0.4, -0.2) is 23.3 Å². The fourth-order valence-corrected chi connectivity index (χ4v) is 4.85. The SMILES string of the molecule is O=C(COC(=O)c1c2c(nc3ccccc13)/C(=C/c1cccs1)CCC2)c1ccccc1. The minimum atomic E-state index is -0.471. The maximum atomic E-state index is 13.3.